The quantitative estimate of drug-likeness (QED) is 0.467. The van der Waals surface area contributed by atoms with Gasteiger partial charge >= 0.3 is 0 Å². The van der Waals surface area contributed by atoms with Crippen LogP contribution in [0.1, 0.15) is 43.0 Å². The molecular weight excluding hydrogens is 382 g/mol. The zero-order valence-electron chi connectivity index (χ0n) is 16.5. The summed E-state index contributed by atoms with van der Waals surface area (Å²) in [6.45, 7) is 0. The first-order valence-electron chi connectivity index (χ1n) is 10.4. The number of halogens is 2. The van der Waals surface area contributed by atoms with E-state index in [4.69, 9.17) is 0 Å². The van der Waals surface area contributed by atoms with Gasteiger partial charge in [-0.1, -0.05) is 0 Å². The molecule has 2 aromatic heterocycles. The van der Waals surface area contributed by atoms with E-state index in [2.05, 4.69) is 20.2 Å². The van der Waals surface area contributed by atoms with Crippen LogP contribution in [0.5, 0.6) is 0 Å². The fourth-order valence-electron chi connectivity index (χ4n) is 4.57. The number of aromatic amines is 1. The number of hydrogen-bond acceptors (Lipinski definition) is 3. The molecule has 152 valence electrons. The summed E-state index contributed by atoms with van der Waals surface area (Å²) in [6, 6.07) is 13.1. The first kappa shape index (κ1) is 18.9. The van der Waals surface area contributed by atoms with Crippen LogP contribution >= 0.6 is 0 Å². The van der Waals surface area contributed by atoms with Crippen LogP contribution in [0.15, 0.2) is 54.7 Å². The van der Waals surface area contributed by atoms with Gasteiger partial charge in [-0.25, -0.2) is 8.78 Å². The Morgan fingerprint density at radius 3 is 2.43 bits per heavy atom. The maximum Gasteiger partial charge on any atom is 0.161 e. The second kappa shape index (κ2) is 7.94. The van der Waals surface area contributed by atoms with Crippen molar-refractivity contribution in [2.45, 2.75) is 38.0 Å². The van der Waals surface area contributed by atoms with Gasteiger partial charge in [-0.2, -0.15) is 0 Å². The Hall–Kier alpha value is -3.15. The topological polar surface area (TPSA) is 54.5 Å². The van der Waals surface area contributed by atoms with Crippen molar-refractivity contribution in [2.75, 3.05) is 0 Å². The van der Waals surface area contributed by atoms with Gasteiger partial charge in [0.1, 0.15) is 17.5 Å². The lowest BCUT2D eigenvalue weighted by Crippen LogP contribution is -2.16. The van der Waals surface area contributed by atoms with E-state index in [9.17, 15) is 8.78 Å². The van der Waals surface area contributed by atoms with Crippen molar-refractivity contribution < 1.29 is 8.78 Å². The third-order valence-electron chi connectivity index (χ3n) is 6.16. The number of rotatable bonds is 4. The van der Waals surface area contributed by atoms with Crippen molar-refractivity contribution in [3.63, 3.8) is 0 Å². The summed E-state index contributed by atoms with van der Waals surface area (Å²) >= 11 is 0. The summed E-state index contributed by atoms with van der Waals surface area (Å²) in [4.78, 5) is 7.65. The zero-order valence-corrected chi connectivity index (χ0v) is 16.5. The van der Waals surface area contributed by atoms with E-state index in [0.717, 1.165) is 54.4 Å². The summed E-state index contributed by atoms with van der Waals surface area (Å²) in [5, 5.41) is 9.43. The van der Waals surface area contributed by atoms with Crippen molar-refractivity contribution >= 4 is 10.9 Å². The highest BCUT2D eigenvalue weighted by atomic mass is 19.1. The minimum atomic E-state index is -0.264. The average molecular weight is 404 g/mol. The molecular formula is C24H22F2N4. The van der Waals surface area contributed by atoms with Gasteiger partial charge in [-0.05, 0) is 91.6 Å². The molecule has 0 radical (unpaired) electrons. The highest BCUT2D eigenvalue weighted by Gasteiger charge is 2.25. The molecule has 1 aliphatic rings. The fraction of sp³-hybridized carbons (Fsp3) is 0.292. The Labute approximate surface area is 173 Å². The van der Waals surface area contributed by atoms with Crippen LogP contribution in [0.4, 0.5) is 8.78 Å². The standard InChI is InChI=1S/C24H22F2N4/c25-18-7-5-17(6-8-18)24-28-23(29-30-24)13-15-1-3-16(4-2-15)20-11-12-27-22-10-9-19(26)14-21(20)22/h5-12,14-16H,1-4,13H2,(H,28,29,30). The number of fused-ring (bicyclic) bond motifs is 1. The maximum absolute atomic E-state index is 13.8. The smallest absolute Gasteiger partial charge is 0.161 e. The molecule has 1 N–H and O–H groups in total. The SMILES string of the molecule is Fc1ccc(-c2nnc(CC3CCC(c4ccnc5ccc(F)cc45)CC3)[nH]2)cc1. The van der Waals surface area contributed by atoms with Gasteiger partial charge in [0.05, 0.1) is 5.52 Å². The number of pyridine rings is 1. The molecule has 4 aromatic rings. The third kappa shape index (κ3) is 3.82. The molecule has 0 unspecified atom stereocenters. The summed E-state index contributed by atoms with van der Waals surface area (Å²) in [6.07, 6.45) is 7.01. The molecule has 1 saturated carbocycles. The monoisotopic (exact) mass is 404 g/mol. The van der Waals surface area contributed by atoms with E-state index < -0.39 is 0 Å². The number of aromatic nitrogens is 4. The summed E-state index contributed by atoms with van der Waals surface area (Å²) in [5.74, 6) is 2.03. The molecule has 4 nitrogen and oxygen atoms in total. The highest BCUT2D eigenvalue weighted by Crippen LogP contribution is 2.39. The number of H-pyrrole nitrogens is 1. The van der Waals surface area contributed by atoms with Crippen molar-refractivity contribution in [1.82, 2.24) is 20.2 Å². The predicted molar refractivity (Wildman–Crippen MR) is 112 cm³/mol. The van der Waals surface area contributed by atoms with Crippen molar-refractivity contribution in [2.24, 2.45) is 5.92 Å². The van der Waals surface area contributed by atoms with E-state index in [1.54, 1.807) is 24.3 Å². The lowest BCUT2D eigenvalue weighted by molar-refractivity contribution is 0.321. The zero-order chi connectivity index (χ0) is 20.5. The van der Waals surface area contributed by atoms with E-state index in [1.165, 1.54) is 23.8 Å². The van der Waals surface area contributed by atoms with Gasteiger partial charge in [-0.3, -0.25) is 4.98 Å². The molecule has 0 amide bonds. The predicted octanol–water partition coefficient (Wildman–Crippen LogP) is 5.81. The van der Waals surface area contributed by atoms with Crippen molar-refractivity contribution in [1.29, 1.82) is 0 Å². The third-order valence-corrected chi connectivity index (χ3v) is 6.16. The van der Waals surface area contributed by atoms with Gasteiger partial charge in [0.15, 0.2) is 5.82 Å². The van der Waals surface area contributed by atoms with E-state index in [-0.39, 0.29) is 11.6 Å². The minimum absolute atomic E-state index is 0.215. The van der Waals surface area contributed by atoms with Crippen LogP contribution in [-0.2, 0) is 6.42 Å². The largest absolute Gasteiger partial charge is 0.325 e. The molecule has 2 aromatic carbocycles. The minimum Gasteiger partial charge on any atom is -0.325 e. The van der Waals surface area contributed by atoms with Gasteiger partial charge in [-0.15, -0.1) is 10.2 Å². The lowest BCUT2D eigenvalue weighted by atomic mass is 9.77. The van der Waals surface area contributed by atoms with Gasteiger partial charge in [0.2, 0.25) is 0 Å². The summed E-state index contributed by atoms with van der Waals surface area (Å²) in [7, 11) is 0. The molecule has 0 saturated heterocycles. The van der Waals surface area contributed by atoms with Crippen molar-refractivity contribution in [3.05, 3.63) is 77.8 Å². The number of nitrogens with one attached hydrogen (secondary N) is 1. The number of benzene rings is 2. The lowest BCUT2D eigenvalue weighted by Gasteiger charge is -2.29. The number of hydrogen-bond donors (Lipinski definition) is 1. The molecule has 5 rings (SSSR count). The first-order chi connectivity index (χ1) is 14.7. The average Bonchev–Trinajstić information content (AvgIpc) is 3.23. The molecule has 6 heteroatoms. The molecule has 0 bridgehead atoms. The van der Waals surface area contributed by atoms with Crippen LogP contribution < -0.4 is 0 Å². The van der Waals surface area contributed by atoms with E-state index in [0.29, 0.717) is 17.7 Å². The van der Waals surface area contributed by atoms with Crippen LogP contribution in [0, 0.1) is 17.6 Å². The summed E-state index contributed by atoms with van der Waals surface area (Å²) < 4.78 is 26.9. The Morgan fingerprint density at radius 2 is 1.63 bits per heavy atom. The van der Waals surface area contributed by atoms with Gasteiger partial charge < -0.3 is 4.98 Å². The Balaban J connectivity index is 1.25. The molecule has 30 heavy (non-hydrogen) atoms. The number of nitrogens with zero attached hydrogens (tertiary/aromatic N) is 3. The summed E-state index contributed by atoms with van der Waals surface area (Å²) in [5.41, 5.74) is 2.89. The normalized spacial score (nSPS) is 19.3. The van der Waals surface area contributed by atoms with E-state index in [1.807, 2.05) is 12.3 Å². The van der Waals surface area contributed by atoms with Crippen LogP contribution in [-0.4, -0.2) is 20.2 Å². The van der Waals surface area contributed by atoms with Gasteiger partial charge in [0.25, 0.3) is 0 Å². The molecule has 0 atom stereocenters. The molecule has 0 aliphatic heterocycles. The molecule has 0 spiro atoms. The van der Waals surface area contributed by atoms with Crippen molar-refractivity contribution in [3.8, 4) is 11.4 Å². The van der Waals surface area contributed by atoms with E-state index >= 15 is 0 Å². The van der Waals surface area contributed by atoms with Crippen LogP contribution in [0.2, 0.25) is 0 Å². The highest BCUT2D eigenvalue weighted by molar-refractivity contribution is 5.82. The molecule has 1 fully saturated rings. The maximum atomic E-state index is 13.8. The second-order valence-corrected chi connectivity index (χ2v) is 8.11. The Kier molecular flexibility index (Phi) is 4.99. The Bertz CT molecular complexity index is 1160. The second-order valence-electron chi connectivity index (χ2n) is 8.11. The van der Waals surface area contributed by atoms with Crippen LogP contribution in [0.25, 0.3) is 22.3 Å². The fourth-order valence-corrected chi connectivity index (χ4v) is 4.57. The van der Waals surface area contributed by atoms with Gasteiger partial charge in [0, 0.05) is 23.6 Å². The Morgan fingerprint density at radius 1 is 0.867 bits per heavy atom. The van der Waals surface area contributed by atoms with Crippen LogP contribution in [0.3, 0.4) is 0 Å². The molecule has 2 heterocycles. The first-order valence-corrected chi connectivity index (χ1v) is 10.4. The molecule has 1 aliphatic carbocycles.